The number of aliphatic hydroxyl groups is 2. The molecule has 0 aromatic carbocycles. The van der Waals surface area contributed by atoms with Crippen LogP contribution in [0.3, 0.4) is 0 Å². The molecular weight excluding hydrogens is 300 g/mol. The third-order valence-corrected chi connectivity index (χ3v) is 4.03. The molecule has 0 radical (unpaired) electrons. The SMILES string of the molecule is C#CC1(N)[C@@H](O)[C@@H]([C@H](C)O)O[C@H]1n1cnc2c1N=C(N)NC2=C. The van der Waals surface area contributed by atoms with Crippen LogP contribution in [0.15, 0.2) is 17.9 Å². The molecule has 1 fully saturated rings. The number of aliphatic hydroxyl groups excluding tert-OH is 2. The molecule has 2 aliphatic rings. The second-order valence-electron chi connectivity index (χ2n) is 5.64. The van der Waals surface area contributed by atoms with Crippen molar-refractivity contribution in [2.45, 2.75) is 37.0 Å². The first kappa shape index (κ1) is 15.5. The molecule has 1 unspecified atom stereocenters. The summed E-state index contributed by atoms with van der Waals surface area (Å²) in [5, 5.41) is 22.9. The Kier molecular flexibility index (Phi) is 3.42. The summed E-state index contributed by atoms with van der Waals surface area (Å²) < 4.78 is 7.20. The van der Waals surface area contributed by atoms with E-state index in [0.29, 0.717) is 17.2 Å². The highest BCUT2D eigenvalue weighted by Gasteiger charge is 2.56. The Balaban J connectivity index is 2.10. The maximum absolute atomic E-state index is 10.4. The molecule has 1 aromatic heterocycles. The van der Waals surface area contributed by atoms with E-state index in [0.717, 1.165) is 0 Å². The molecule has 0 bridgehead atoms. The first-order chi connectivity index (χ1) is 10.8. The van der Waals surface area contributed by atoms with Crippen LogP contribution in [0.5, 0.6) is 0 Å². The highest BCUT2D eigenvalue weighted by Crippen LogP contribution is 2.41. The van der Waals surface area contributed by atoms with E-state index >= 15 is 0 Å². The number of aromatic nitrogens is 2. The summed E-state index contributed by atoms with van der Waals surface area (Å²) in [6.07, 6.45) is 2.82. The van der Waals surface area contributed by atoms with Gasteiger partial charge < -0.3 is 31.7 Å². The molecule has 7 N–H and O–H groups in total. The lowest BCUT2D eigenvalue weighted by molar-refractivity contribution is -0.0761. The number of ether oxygens (including phenoxy) is 1. The van der Waals surface area contributed by atoms with Gasteiger partial charge in [0.25, 0.3) is 0 Å². The van der Waals surface area contributed by atoms with Gasteiger partial charge in [0.15, 0.2) is 23.5 Å². The molecule has 9 nitrogen and oxygen atoms in total. The van der Waals surface area contributed by atoms with Crippen molar-refractivity contribution in [2.75, 3.05) is 0 Å². The Hall–Kier alpha value is -2.38. The van der Waals surface area contributed by atoms with E-state index in [2.05, 4.69) is 27.8 Å². The summed E-state index contributed by atoms with van der Waals surface area (Å²) in [5.41, 5.74) is 11.3. The maximum atomic E-state index is 10.4. The zero-order valence-electron chi connectivity index (χ0n) is 12.5. The zero-order valence-corrected chi connectivity index (χ0v) is 12.5. The lowest BCUT2D eigenvalue weighted by atomic mass is 9.90. The second kappa shape index (κ2) is 5.07. The van der Waals surface area contributed by atoms with E-state index in [4.69, 9.17) is 22.6 Å². The summed E-state index contributed by atoms with van der Waals surface area (Å²) in [6, 6.07) is 0. The largest absolute Gasteiger partial charge is 0.391 e. The smallest absolute Gasteiger partial charge is 0.199 e. The number of hydrogen-bond acceptors (Lipinski definition) is 8. The van der Waals surface area contributed by atoms with Crippen LogP contribution in [0.4, 0.5) is 5.82 Å². The van der Waals surface area contributed by atoms with Crippen molar-refractivity contribution in [3.8, 4) is 12.3 Å². The first-order valence-electron chi connectivity index (χ1n) is 6.95. The topological polar surface area (TPSA) is 144 Å². The van der Waals surface area contributed by atoms with Crippen LogP contribution in [0.25, 0.3) is 5.70 Å². The third kappa shape index (κ3) is 2.12. The number of terminal acetylenes is 1. The number of nitrogens with two attached hydrogens (primary N) is 2. The minimum Gasteiger partial charge on any atom is -0.391 e. The van der Waals surface area contributed by atoms with Gasteiger partial charge in [-0.3, -0.25) is 4.57 Å². The molecule has 3 heterocycles. The Morgan fingerprint density at radius 2 is 2.35 bits per heavy atom. The van der Waals surface area contributed by atoms with Crippen molar-refractivity contribution in [1.29, 1.82) is 0 Å². The maximum Gasteiger partial charge on any atom is 0.199 e. The van der Waals surface area contributed by atoms with Gasteiger partial charge in [0.1, 0.15) is 17.9 Å². The number of guanidine groups is 1. The van der Waals surface area contributed by atoms with E-state index < -0.39 is 30.1 Å². The van der Waals surface area contributed by atoms with Crippen molar-refractivity contribution in [2.24, 2.45) is 16.5 Å². The summed E-state index contributed by atoms with van der Waals surface area (Å²) in [4.78, 5) is 8.37. The average molecular weight is 318 g/mol. The van der Waals surface area contributed by atoms with Gasteiger partial charge in [0.2, 0.25) is 0 Å². The van der Waals surface area contributed by atoms with Gasteiger partial charge >= 0.3 is 0 Å². The number of aliphatic imine (C=N–C) groups is 1. The van der Waals surface area contributed by atoms with Crippen molar-refractivity contribution < 1.29 is 14.9 Å². The average Bonchev–Trinajstić information content (AvgIpc) is 3.00. The van der Waals surface area contributed by atoms with E-state index in [1.165, 1.54) is 17.8 Å². The molecule has 2 aliphatic heterocycles. The van der Waals surface area contributed by atoms with Crippen LogP contribution in [0, 0.1) is 12.3 Å². The minimum absolute atomic E-state index is 0.137. The van der Waals surface area contributed by atoms with Gasteiger partial charge in [-0.05, 0) is 6.92 Å². The van der Waals surface area contributed by atoms with Crippen LogP contribution in [0.2, 0.25) is 0 Å². The Morgan fingerprint density at radius 1 is 1.65 bits per heavy atom. The van der Waals surface area contributed by atoms with E-state index in [1.807, 2.05) is 0 Å². The quantitative estimate of drug-likeness (QED) is 0.412. The Morgan fingerprint density at radius 3 is 2.96 bits per heavy atom. The summed E-state index contributed by atoms with van der Waals surface area (Å²) in [6.45, 7) is 5.30. The Labute approximate surface area is 132 Å². The molecule has 1 saturated heterocycles. The normalized spacial score (nSPS) is 34.3. The number of hydrogen-bond donors (Lipinski definition) is 5. The number of rotatable bonds is 2. The molecule has 9 heteroatoms. The fraction of sp³-hybridized carbons (Fsp3) is 0.429. The monoisotopic (exact) mass is 318 g/mol. The van der Waals surface area contributed by atoms with Gasteiger partial charge in [-0.1, -0.05) is 12.5 Å². The number of nitrogens with one attached hydrogen (secondary N) is 1. The van der Waals surface area contributed by atoms with Gasteiger partial charge in [0, 0.05) is 0 Å². The van der Waals surface area contributed by atoms with E-state index in [-0.39, 0.29) is 5.96 Å². The highest BCUT2D eigenvalue weighted by atomic mass is 16.5. The number of imidazole rings is 1. The summed E-state index contributed by atoms with van der Waals surface area (Å²) in [7, 11) is 0. The van der Waals surface area contributed by atoms with Gasteiger partial charge in [0.05, 0.1) is 18.1 Å². The van der Waals surface area contributed by atoms with Crippen LogP contribution in [0.1, 0.15) is 18.8 Å². The number of nitrogens with zero attached hydrogens (tertiary/aromatic N) is 3. The zero-order chi connectivity index (χ0) is 16.9. The van der Waals surface area contributed by atoms with Crippen molar-refractivity contribution in [1.82, 2.24) is 14.9 Å². The van der Waals surface area contributed by atoms with E-state index in [1.54, 1.807) is 0 Å². The van der Waals surface area contributed by atoms with Gasteiger partial charge in [-0.2, -0.15) is 4.99 Å². The van der Waals surface area contributed by atoms with Crippen molar-refractivity contribution in [3.63, 3.8) is 0 Å². The fourth-order valence-electron chi connectivity index (χ4n) is 2.79. The summed E-state index contributed by atoms with van der Waals surface area (Å²) >= 11 is 0. The molecular formula is C14H18N6O3. The first-order valence-corrected chi connectivity index (χ1v) is 6.95. The van der Waals surface area contributed by atoms with Crippen molar-refractivity contribution in [3.05, 3.63) is 18.6 Å². The van der Waals surface area contributed by atoms with Gasteiger partial charge in [-0.15, -0.1) is 6.42 Å². The highest BCUT2D eigenvalue weighted by molar-refractivity contribution is 5.93. The van der Waals surface area contributed by atoms with Crippen molar-refractivity contribution >= 4 is 17.5 Å². The predicted molar refractivity (Wildman–Crippen MR) is 83.0 cm³/mol. The molecule has 1 aromatic rings. The predicted octanol–water partition coefficient (Wildman–Crippen LogP) is -1.63. The molecule has 0 amide bonds. The molecule has 0 spiro atoms. The Bertz CT molecular complexity index is 733. The molecule has 5 atom stereocenters. The lowest BCUT2D eigenvalue weighted by Crippen LogP contribution is -2.54. The molecule has 3 rings (SSSR count). The molecule has 122 valence electrons. The van der Waals surface area contributed by atoms with Crippen LogP contribution in [-0.2, 0) is 4.74 Å². The molecule has 0 aliphatic carbocycles. The van der Waals surface area contributed by atoms with Crippen LogP contribution in [-0.4, -0.2) is 49.6 Å². The lowest BCUT2D eigenvalue weighted by Gasteiger charge is -2.28. The molecule has 23 heavy (non-hydrogen) atoms. The summed E-state index contributed by atoms with van der Waals surface area (Å²) in [5.74, 6) is 2.87. The third-order valence-electron chi connectivity index (χ3n) is 4.03. The van der Waals surface area contributed by atoms with Crippen LogP contribution < -0.4 is 16.8 Å². The second-order valence-corrected chi connectivity index (χ2v) is 5.64. The van der Waals surface area contributed by atoms with Crippen LogP contribution >= 0.6 is 0 Å². The van der Waals surface area contributed by atoms with Gasteiger partial charge in [-0.25, -0.2) is 4.98 Å². The minimum atomic E-state index is -1.56. The number of fused-ring (bicyclic) bond motifs is 1. The molecule has 0 saturated carbocycles. The standard InChI is InChI=1S/C14H18N6O3/c1-4-14(16)10(22)9(7(3)21)23-12(14)20-5-17-8-6(2)18-13(15)19-11(8)20/h1,5,7,9-10,12,21-22H,2,16H2,3H3,(H3,15,18,19)/t7-,9+,10-,12+,14?/m0/s1. The van der Waals surface area contributed by atoms with E-state index in [9.17, 15) is 10.2 Å². The fourth-order valence-corrected chi connectivity index (χ4v) is 2.79.